The van der Waals surface area contributed by atoms with E-state index in [-0.39, 0.29) is 5.41 Å². The van der Waals surface area contributed by atoms with Crippen molar-refractivity contribution in [3.05, 3.63) is 0 Å². The van der Waals surface area contributed by atoms with Crippen molar-refractivity contribution in [3.63, 3.8) is 0 Å². The predicted molar refractivity (Wildman–Crippen MR) is 81.1 cm³/mol. The summed E-state index contributed by atoms with van der Waals surface area (Å²) in [4.78, 5) is 0. The molecule has 0 aliphatic carbocycles. The Morgan fingerprint density at radius 3 is 2.39 bits per heavy atom. The Bertz CT molecular complexity index is 180. The van der Waals surface area contributed by atoms with Gasteiger partial charge in [0, 0.05) is 18.6 Å². The quantitative estimate of drug-likeness (QED) is 0.528. The average molecular weight is 257 g/mol. The Morgan fingerprint density at radius 1 is 1.11 bits per heavy atom. The molecule has 0 spiro atoms. The highest BCUT2D eigenvalue weighted by Crippen LogP contribution is 2.17. The van der Waals surface area contributed by atoms with Crippen molar-refractivity contribution >= 4 is 0 Å². The van der Waals surface area contributed by atoms with Gasteiger partial charge < -0.3 is 10.1 Å². The summed E-state index contributed by atoms with van der Waals surface area (Å²) >= 11 is 0. The molecule has 0 rings (SSSR count). The minimum absolute atomic E-state index is 0.248. The van der Waals surface area contributed by atoms with Gasteiger partial charge in [-0.2, -0.15) is 0 Å². The molecule has 2 nitrogen and oxygen atoms in total. The zero-order chi connectivity index (χ0) is 13.9. The summed E-state index contributed by atoms with van der Waals surface area (Å²) in [7, 11) is 0. The van der Waals surface area contributed by atoms with Crippen molar-refractivity contribution in [2.45, 2.75) is 66.7 Å². The van der Waals surface area contributed by atoms with Crippen LogP contribution in [0.2, 0.25) is 0 Å². The third-order valence-electron chi connectivity index (χ3n) is 3.42. The molecule has 0 amide bonds. The lowest BCUT2D eigenvalue weighted by Crippen LogP contribution is -2.34. The summed E-state index contributed by atoms with van der Waals surface area (Å²) in [5, 5.41) is 3.48. The molecule has 1 atom stereocenters. The van der Waals surface area contributed by atoms with E-state index in [2.05, 4.69) is 39.9 Å². The third kappa shape index (κ3) is 9.90. The van der Waals surface area contributed by atoms with Gasteiger partial charge in [0.25, 0.3) is 0 Å². The van der Waals surface area contributed by atoms with Crippen LogP contribution in [-0.4, -0.2) is 26.3 Å². The fraction of sp³-hybridized carbons (Fsp3) is 1.00. The number of hydrogen-bond acceptors (Lipinski definition) is 2. The predicted octanol–water partition coefficient (Wildman–Crippen LogP) is 4.25. The van der Waals surface area contributed by atoms with E-state index in [0.717, 1.165) is 32.2 Å². The molecule has 18 heavy (non-hydrogen) atoms. The molecule has 0 saturated carbocycles. The van der Waals surface area contributed by atoms with E-state index < -0.39 is 0 Å². The van der Waals surface area contributed by atoms with Crippen LogP contribution >= 0.6 is 0 Å². The van der Waals surface area contributed by atoms with Gasteiger partial charge in [-0.25, -0.2) is 0 Å². The summed E-state index contributed by atoms with van der Waals surface area (Å²) in [6, 6.07) is 0. The van der Waals surface area contributed by atoms with Crippen LogP contribution in [0.5, 0.6) is 0 Å². The van der Waals surface area contributed by atoms with Gasteiger partial charge in [0.15, 0.2) is 0 Å². The van der Waals surface area contributed by atoms with Crippen LogP contribution in [-0.2, 0) is 4.74 Å². The van der Waals surface area contributed by atoms with Crippen LogP contribution in [0.4, 0.5) is 0 Å². The first-order valence-corrected chi connectivity index (χ1v) is 7.84. The van der Waals surface area contributed by atoms with E-state index in [4.69, 9.17) is 4.74 Å². The average Bonchev–Trinajstić information content (AvgIpc) is 2.33. The molecule has 1 unspecified atom stereocenters. The molecule has 0 heterocycles. The van der Waals surface area contributed by atoms with Crippen molar-refractivity contribution < 1.29 is 4.74 Å². The summed E-state index contributed by atoms with van der Waals surface area (Å²) in [5.41, 5.74) is 0.248. The molecule has 0 aliphatic heterocycles. The van der Waals surface area contributed by atoms with Gasteiger partial charge in [0.2, 0.25) is 0 Å². The van der Waals surface area contributed by atoms with Gasteiger partial charge in [-0.1, -0.05) is 53.9 Å². The highest BCUT2D eigenvalue weighted by atomic mass is 16.5. The second-order valence-electron chi connectivity index (χ2n) is 6.27. The fourth-order valence-corrected chi connectivity index (χ4v) is 2.05. The van der Waals surface area contributed by atoms with Gasteiger partial charge in [-0.15, -0.1) is 0 Å². The Kier molecular flexibility index (Phi) is 10.8. The zero-order valence-electron chi connectivity index (χ0n) is 13.3. The van der Waals surface area contributed by atoms with Crippen molar-refractivity contribution in [3.8, 4) is 0 Å². The minimum Gasteiger partial charge on any atom is -0.381 e. The maximum absolute atomic E-state index is 5.94. The van der Waals surface area contributed by atoms with Crippen LogP contribution in [0.15, 0.2) is 0 Å². The van der Waals surface area contributed by atoms with Crippen molar-refractivity contribution in [1.82, 2.24) is 5.32 Å². The number of ether oxygens (including phenoxy) is 1. The maximum atomic E-state index is 5.94. The van der Waals surface area contributed by atoms with E-state index in [1.54, 1.807) is 0 Å². The monoisotopic (exact) mass is 257 g/mol. The molecule has 0 bridgehead atoms. The first-order chi connectivity index (χ1) is 8.55. The second-order valence-corrected chi connectivity index (χ2v) is 6.27. The molecule has 0 saturated heterocycles. The zero-order valence-corrected chi connectivity index (χ0v) is 13.3. The second kappa shape index (κ2) is 10.8. The van der Waals surface area contributed by atoms with Crippen molar-refractivity contribution in [2.24, 2.45) is 11.3 Å². The Balaban J connectivity index is 3.71. The largest absolute Gasteiger partial charge is 0.381 e. The number of rotatable bonds is 12. The molecular formula is C16H35NO. The van der Waals surface area contributed by atoms with Crippen LogP contribution in [0.25, 0.3) is 0 Å². The van der Waals surface area contributed by atoms with Gasteiger partial charge >= 0.3 is 0 Å². The Morgan fingerprint density at radius 2 is 1.83 bits per heavy atom. The lowest BCUT2D eigenvalue weighted by atomic mass is 9.94. The van der Waals surface area contributed by atoms with Crippen LogP contribution < -0.4 is 5.32 Å². The minimum atomic E-state index is 0.248. The van der Waals surface area contributed by atoms with E-state index in [1.165, 1.54) is 32.1 Å². The van der Waals surface area contributed by atoms with Gasteiger partial charge in [-0.05, 0) is 25.3 Å². The standard InChI is InChI=1S/C16H35NO/c1-6-9-10-15(8-3)12-18-14-16(4,5)13-17-11-7-2/h15,17H,6-14H2,1-5H3. The van der Waals surface area contributed by atoms with E-state index in [9.17, 15) is 0 Å². The SMILES string of the molecule is CCCCC(CC)COCC(C)(C)CNCCC. The van der Waals surface area contributed by atoms with E-state index in [1.807, 2.05) is 0 Å². The molecule has 0 aromatic carbocycles. The number of hydrogen-bond donors (Lipinski definition) is 1. The smallest absolute Gasteiger partial charge is 0.0529 e. The highest BCUT2D eigenvalue weighted by molar-refractivity contribution is 4.71. The Labute approximate surface area is 115 Å². The highest BCUT2D eigenvalue weighted by Gasteiger charge is 2.18. The van der Waals surface area contributed by atoms with Crippen LogP contribution in [0.3, 0.4) is 0 Å². The summed E-state index contributed by atoms with van der Waals surface area (Å²) in [6.45, 7) is 15.3. The molecule has 2 heteroatoms. The van der Waals surface area contributed by atoms with Crippen molar-refractivity contribution in [2.75, 3.05) is 26.3 Å². The van der Waals surface area contributed by atoms with Crippen LogP contribution in [0.1, 0.15) is 66.7 Å². The molecule has 0 aromatic heterocycles. The summed E-state index contributed by atoms with van der Waals surface area (Å²) in [6.07, 6.45) is 6.40. The molecule has 0 radical (unpaired) electrons. The topological polar surface area (TPSA) is 21.3 Å². The number of unbranched alkanes of at least 4 members (excludes halogenated alkanes) is 1. The normalized spacial score (nSPS) is 13.8. The van der Waals surface area contributed by atoms with Crippen LogP contribution in [0, 0.1) is 11.3 Å². The lowest BCUT2D eigenvalue weighted by molar-refractivity contribution is 0.0372. The summed E-state index contributed by atoms with van der Waals surface area (Å²) in [5.74, 6) is 0.754. The first-order valence-electron chi connectivity index (χ1n) is 7.84. The summed E-state index contributed by atoms with van der Waals surface area (Å²) < 4.78 is 5.94. The maximum Gasteiger partial charge on any atom is 0.0529 e. The Hall–Kier alpha value is -0.0800. The lowest BCUT2D eigenvalue weighted by Gasteiger charge is -2.26. The molecular weight excluding hydrogens is 222 g/mol. The molecule has 0 fully saturated rings. The third-order valence-corrected chi connectivity index (χ3v) is 3.42. The molecule has 110 valence electrons. The molecule has 0 aliphatic rings. The van der Waals surface area contributed by atoms with Gasteiger partial charge in [0.05, 0.1) is 6.61 Å². The van der Waals surface area contributed by atoms with E-state index >= 15 is 0 Å². The molecule has 0 aromatic rings. The fourth-order valence-electron chi connectivity index (χ4n) is 2.05. The number of nitrogens with one attached hydrogen (secondary N) is 1. The van der Waals surface area contributed by atoms with Gasteiger partial charge in [-0.3, -0.25) is 0 Å². The van der Waals surface area contributed by atoms with Gasteiger partial charge in [0.1, 0.15) is 0 Å². The van der Waals surface area contributed by atoms with E-state index in [0.29, 0.717) is 0 Å². The first kappa shape index (κ1) is 17.9. The molecule has 1 N–H and O–H groups in total. The van der Waals surface area contributed by atoms with Crippen molar-refractivity contribution in [1.29, 1.82) is 0 Å².